The number of carbonyl (C=O) groups is 3. The molecular weight excluding hydrogens is 404 g/mol. The van der Waals surface area contributed by atoms with Crippen molar-refractivity contribution in [3.8, 4) is 11.5 Å². The number of ether oxygens (including phenoxy) is 2. The number of phenolic OH excluding ortho intramolecular Hbond substituents is 1. The topological polar surface area (TPSA) is 136 Å². The predicted molar refractivity (Wildman–Crippen MR) is 104 cm³/mol. The number of rotatable bonds is 8. The Hall–Kier alpha value is -3.08. The van der Waals surface area contributed by atoms with Crippen molar-refractivity contribution < 1.29 is 33.9 Å². The Labute approximate surface area is 170 Å². The molecule has 2 amide bonds. The van der Waals surface area contributed by atoms with Crippen molar-refractivity contribution >= 4 is 40.6 Å². The molecule has 2 rings (SSSR count). The van der Waals surface area contributed by atoms with Gasteiger partial charge >= 0.3 is 11.7 Å². The highest BCUT2D eigenvalue weighted by atomic mass is 32.2. The third-order valence-corrected chi connectivity index (χ3v) is 4.52. The number of nitrogens with zero attached hydrogens (tertiary/aromatic N) is 2. The highest BCUT2D eigenvalue weighted by Gasteiger charge is 2.37. The van der Waals surface area contributed by atoms with Crippen molar-refractivity contribution in [1.29, 1.82) is 0 Å². The number of phenols is 1. The zero-order chi connectivity index (χ0) is 21.7. The summed E-state index contributed by atoms with van der Waals surface area (Å²) in [5, 5.41) is 20.4. The lowest BCUT2D eigenvalue weighted by atomic mass is 10.1. The summed E-state index contributed by atoms with van der Waals surface area (Å²) in [6.07, 6.45) is 1.26. The van der Waals surface area contributed by atoms with E-state index in [9.17, 15) is 29.6 Å². The van der Waals surface area contributed by atoms with Crippen LogP contribution in [0.15, 0.2) is 17.0 Å². The smallest absolute Gasteiger partial charge is 0.326 e. The van der Waals surface area contributed by atoms with Crippen LogP contribution < -0.4 is 4.74 Å². The van der Waals surface area contributed by atoms with Crippen molar-refractivity contribution in [3.63, 3.8) is 0 Å². The lowest BCUT2D eigenvalue weighted by molar-refractivity contribution is -0.386. The number of amides is 2. The maximum atomic E-state index is 12.5. The van der Waals surface area contributed by atoms with Crippen LogP contribution in [-0.4, -0.2) is 51.8 Å². The van der Waals surface area contributed by atoms with Gasteiger partial charge in [-0.05, 0) is 42.3 Å². The van der Waals surface area contributed by atoms with E-state index in [-0.39, 0.29) is 35.3 Å². The van der Waals surface area contributed by atoms with Gasteiger partial charge in [0.1, 0.15) is 6.54 Å². The number of nitro benzene ring substituents is 1. The third kappa shape index (κ3) is 5.47. The van der Waals surface area contributed by atoms with Crippen molar-refractivity contribution in [3.05, 3.63) is 32.7 Å². The van der Waals surface area contributed by atoms with Gasteiger partial charge in [0, 0.05) is 6.07 Å². The minimum Gasteiger partial charge on any atom is -0.500 e. The average Bonchev–Trinajstić information content (AvgIpc) is 2.89. The molecule has 1 saturated heterocycles. The fourth-order valence-corrected chi connectivity index (χ4v) is 3.16. The number of nitro groups is 1. The van der Waals surface area contributed by atoms with Crippen LogP contribution in [0.5, 0.6) is 11.5 Å². The summed E-state index contributed by atoms with van der Waals surface area (Å²) in [6, 6.07) is 2.37. The molecule has 1 heterocycles. The molecule has 0 aromatic heterocycles. The van der Waals surface area contributed by atoms with E-state index in [0.29, 0.717) is 11.8 Å². The molecule has 0 spiro atoms. The summed E-state index contributed by atoms with van der Waals surface area (Å²) in [6.45, 7) is 5.15. The van der Waals surface area contributed by atoms with Crippen LogP contribution in [0.4, 0.5) is 10.5 Å². The maximum absolute atomic E-state index is 12.5. The standard InChI is InChI=1S/C18H20N2O8S/c1-4-27-13-6-11(5-12(16(13)22)20(25)26)7-14-17(23)19(18(24)29-14)8-15(21)28-9-10(2)3/h5-7,10,22H,4,8-9H2,1-3H3/b14-7-. The second kappa shape index (κ2) is 9.41. The zero-order valence-electron chi connectivity index (χ0n) is 16.0. The van der Waals surface area contributed by atoms with E-state index in [4.69, 9.17) is 9.47 Å². The molecule has 10 nitrogen and oxygen atoms in total. The molecule has 1 aromatic rings. The van der Waals surface area contributed by atoms with Crippen molar-refractivity contribution in [2.45, 2.75) is 20.8 Å². The van der Waals surface area contributed by atoms with E-state index in [1.807, 2.05) is 13.8 Å². The zero-order valence-corrected chi connectivity index (χ0v) is 16.9. The molecule has 0 aliphatic carbocycles. The first-order valence-corrected chi connectivity index (χ1v) is 9.50. The number of aromatic hydroxyl groups is 1. The molecule has 1 N–H and O–H groups in total. The second-order valence-corrected chi connectivity index (χ2v) is 7.41. The van der Waals surface area contributed by atoms with Gasteiger partial charge in [-0.3, -0.25) is 29.4 Å². The molecule has 0 radical (unpaired) electrons. The molecule has 11 heteroatoms. The first-order valence-electron chi connectivity index (χ1n) is 8.69. The maximum Gasteiger partial charge on any atom is 0.326 e. The number of hydrogen-bond acceptors (Lipinski definition) is 9. The number of benzene rings is 1. The van der Waals surface area contributed by atoms with Crippen LogP contribution >= 0.6 is 11.8 Å². The largest absolute Gasteiger partial charge is 0.500 e. The van der Waals surface area contributed by atoms with Gasteiger partial charge in [-0.1, -0.05) is 13.8 Å². The first kappa shape index (κ1) is 22.2. The van der Waals surface area contributed by atoms with E-state index in [2.05, 4.69) is 0 Å². The van der Waals surface area contributed by atoms with Crippen LogP contribution in [0, 0.1) is 16.0 Å². The Kier molecular flexibility index (Phi) is 7.21. The number of carbonyl (C=O) groups excluding carboxylic acids is 3. The van der Waals surface area contributed by atoms with Gasteiger partial charge in [0.05, 0.1) is 23.0 Å². The summed E-state index contributed by atoms with van der Waals surface area (Å²) in [4.78, 5) is 47.5. The first-order chi connectivity index (χ1) is 13.6. The van der Waals surface area contributed by atoms with Gasteiger partial charge in [-0.15, -0.1) is 0 Å². The van der Waals surface area contributed by atoms with Crippen LogP contribution in [0.2, 0.25) is 0 Å². The number of imide groups is 1. The monoisotopic (exact) mass is 424 g/mol. The van der Waals surface area contributed by atoms with E-state index in [1.54, 1.807) is 6.92 Å². The molecule has 1 aliphatic rings. The van der Waals surface area contributed by atoms with Gasteiger partial charge in [-0.25, -0.2) is 0 Å². The number of esters is 1. The minimum absolute atomic E-state index is 0.0194. The molecule has 1 aliphatic heterocycles. The second-order valence-electron chi connectivity index (χ2n) is 6.42. The van der Waals surface area contributed by atoms with E-state index in [1.165, 1.54) is 12.1 Å². The van der Waals surface area contributed by atoms with Crippen LogP contribution in [0.1, 0.15) is 26.3 Å². The summed E-state index contributed by atoms with van der Waals surface area (Å²) >= 11 is 0.598. The van der Waals surface area contributed by atoms with Crippen molar-refractivity contribution in [2.24, 2.45) is 5.92 Å². The number of hydrogen-bond donors (Lipinski definition) is 1. The van der Waals surface area contributed by atoms with Gasteiger partial charge in [-0.2, -0.15) is 0 Å². The Morgan fingerprint density at radius 3 is 2.66 bits per heavy atom. The molecule has 1 aromatic carbocycles. The summed E-state index contributed by atoms with van der Waals surface area (Å²) in [7, 11) is 0. The van der Waals surface area contributed by atoms with E-state index in [0.717, 1.165) is 11.0 Å². The number of thioether (sulfide) groups is 1. The Bertz CT molecular complexity index is 881. The van der Waals surface area contributed by atoms with Crippen LogP contribution in [0.3, 0.4) is 0 Å². The molecule has 0 atom stereocenters. The van der Waals surface area contributed by atoms with Gasteiger partial charge in [0.25, 0.3) is 11.1 Å². The summed E-state index contributed by atoms with van der Waals surface area (Å²) in [5.41, 5.74) is -0.412. The van der Waals surface area contributed by atoms with Crippen LogP contribution in [-0.2, 0) is 14.3 Å². The fourth-order valence-electron chi connectivity index (χ4n) is 2.32. The van der Waals surface area contributed by atoms with Crippen molar-refractivity contribution in [2.75, 3.05) is 19.8 Å². The Balaban J connectivity index is 2.26. The molecule has 0 saturated carbocycles. The molecule has 29 heavy (non-hydrogen) atoms. The summed E-state index contributed by atoms with van der Waals surface area (Å²) in [5.74, 6) is -2.06. The van der Waals surface area contributed by atoms with E-state index < -0.39 is 40.0 Å². The third-order valence-electron chi connectivity index (χ3n) is 3.61. The van der Waals surface area contributed by atoms with Gasteiger partial charge < -0.3 is 14.6 Å². The highest BCUT2D eigenvalue weighted by Crippen LogP contribution is 2.39. The molecule has 0 unspecified atom stereocenters. The van der Waals surface area contributed by atoms with Crippen molar-refractivity contribution in [1.82, 2.24) is 4.90 Å². The SMILES string of the molecule is CCOc1cc(/C=C2\SC(=O)N(CC(=O)OCC(C)C)C2=O)cc([N+](=O)[O-])c1O. The molecule has 156 valence electrons. The Morgan fingerprint density at radius 2 is 2.07 bits per heavy atom. The fraction of sp³-hybridized carbons (Fsp3) is 0.389. The quantitative estimate of drug-likeness (QED) is 0.289. The Morgan fingerprint density at radius 1 is 1.38 bits per heavy atom. The molecular formula is C18H20N2O8S. The summed E-state index contributed by atoms with van der Waals surface area (Å²) < 4.78 is 10.2. The van der Waals surface area contributed by atoms with Gasteiger partial charge in [0.2, 0.25) is 5.75 Å². The lowest BCUT2D eigenvalue weighted by Gasteiger charge is -2.12. The molecule has 0 bridgehead atoms. The van der Waals surface area contributed by atoms with Crippen LogP contribution in [0.25, 0.3) is 6.08 Å². The molecule has 1 fully saturated rings. The normalized spacial score (nSPS) is 15.3. The highest BCUT2D eigenvalue weighted by molar-refractivity contribution is 8.18. The van der Waals surface area contributed by atoms with E-state index >= 15 is 0 Å². The minimum atomic E-state index is -0.786. The average molecular weight is 424 g/mol. The predicted octanol–water partition coefficient (Wildman–Crippen LogP) is 2.93. The van der Waals surface area contributed by atoms with Gasteiger partial charge in [0.15, 0.2) is 5.75 Å². The lowest BCUT2D eigenvalue weighted by Crippen LogP contribution is -2.34.